The first kappa shape index (κ1) is 37.9. The summed E-state index contributed by atoms with van der Waals surface area (Å²) in [6.45, 7) is 13.2. The number of hydrogen-bond acceptors (Lipinski definition) is 10. The molecule has 0 spiro atoms. The molecular weight excluding hydrogens is 663 g/mol. The van der Waals surface area contributed by atoms with Gasteiger partial charge in [0.05, 0.1) is 22.7 Å². The van der Waals surface area contributed by atoms with Gasteiger partial charge >= 0.3 is 17.9 Å². The van der Waals surface area contributed by atoms with Crippen LogP contribution in [0, 0.1) is 0 Å². The van der Waals surface area contributed by atoms with Crippen LogP contribution in [0.3, 0.4) is 0 Å². The fraction of sp³-hybridized carbons (Fsp3) is 0.342. The van der Waals surface area contributed by atoms with Gasteiger partial charge in [-0.15, -0.1) is 29.6 Å². The van der Waals surface area contributed by atoms with Crippen molar-refractivity contribution in [3.8, 4) is 0 Å². The summed E-state index contributed by atoms with van der Waals surface area (Å²) in [5.74, 6) is -1.71. The number of hydrogen-bond donors (Lipinski definition) is 1. The van der Waals surface area contributed by atoms with Crippen LogP contribution in [0.1, 0.15) is 64.7 Å². The molecular formula is C38H43NO8S2. The van der Waals surface area contributed by atoms with Crippen molar-refractivity contribution in [2.45, 2.75) is 74.3 Å². The number of benzene rings is 3. The van der Waals surface area contributed by atoms with Gasteiger partial charge in [0.25, 0.3) is 0 Å². The van der Waals surface area contributed by atoms with E-state index in [2.05, 4.69) is 17.9 Å². The zero-order chi connectivity index (χ0) is 35.4. The first-order valence-corrected chi connectivity index (χ1v) is 18.2. The molecule has 260 valence electrons. The second kappa shape index (κ2) is 18.2. The van der Waals surface area contributed by atoms with Crippen LogP contribution >= 0.6 is 11.8 Å². The number of carbonyl (C=O) groups excluding carboxylic acids is 3. The minimum absolute atomic E-state index is 0.247. The summed E-state index contributed by atoms with van der Waals surface area (Å²) in [6.07, 6.45) is -0.604. The van der Waals surface area contributed by atoms with Crippen molar-refractivity contribution in [3.05, 3.63) is 133 Å². The summed E-state index contributed by atoms with van der Waals surface area (Å²) in [5.41, 5.74) is -0.136. The van der Waals surface area contributed by atoms with E-state index < -0.39 is 69.9 Å². The van der Waals surface area contributed by atoms with Crippen LogP contribution in [0.2, 0.25) is 0 Å². The largest absolute Gasteiger partial charge is 0.598 e. The van der Waals surface area contributed by atoms with Gasteiger partial charge in [-0.3, -0.25) is 0 Å². The molecule has 0 aliphatic carbocycles. The lowest BCUT2D eigenvalue weighted by Crippen LogP contribution is -2.66. The monoisotopic (exact) mass is 705 g/mol. The van der Waals surface area contributed by atoms with Gasteiger partial charge < -0.3 is 23.5 Å². The average Bonchev–Trinajstić information content (AvgIpc) is 3.11. The predicted octanol–water partition coefficient (Wildman–Crippen LogP) is 6.69. The van der Waals surface area contributed by atoms with Gasteiger partial charge in [0.15, 0.2) is 18.3 Å². The second-order valence-electron chi connectivity index (χ2n) is 12.3. The molecule has 0 aromatic heterocycles. The smallest absolute Gasteiger partial charge is 0.338 e. The van der Waals surface area contributed by atoms with Gasteiger partial charge in [0.1, 0.15) is 16.3 Å². The Kier molecular flexibility index (Phi) is 14.1. The summed E-state index contributed by atoms with van der Waals surface area (Å²) in [4.78, 5) is 41.1. The Morgan fingerprint density at radius 2 is 1.24 bits per heavy atom. The second-order valence-corrected chi connectivity index (χ2v) is 15.4. The van der Waals surface area contributed by atoms with E-state index >= 15 is 0 Å². The van der Waals surface area contributed by atoms with Crippen molar-refractivity contribution < 1.29 is 37.9 Å². The Hall–Kier alpha value is -3.87. The van der Waals surface area contributed by atoms with E-state index in [9.17, 15) is 18.9 Å². The number of thioether (sulfide) groups is 1. The molecule has 7 atom stereocenters. The van der Waals surface area contributed by atoms with E-state index in [1.54, 1.807) is 103 Å². The summed E-state index contributed by atoms with van der Waals surface area (Å²) < 4.78 is 41.3. The summed E-state index contributed by atoms with van der Waals surface area (Å²) in [6, 6.07) is 24.4. The molecule has 11 heteroatoms. The number of ether oxygens (including phenoxy) is 4. The maximum absolute atomic E-state index is 13.7. The number of allylic oxidation sites excluding steroid dienone is 1. The minimum atomic E-state index is -1.57. The van der Waals surface area contributed by atoms with Gasteiger partial charge in [-0.25, -0.2) is 14.4 Å². The van der Waals surface area contributed by atoms with Crippen LogP contribution in [-0.2, 0) is 30.3 Å². The van der Waals surface area contributed by atoms with Gasteiger partial charge in [0, 0.05) is 17.1 Å². The third-order valence-electron chi connectivity index (χ3n) is 7.56. The number of carbonyl (C=O) groups is 3. The van der Waals surface area contributed by atoms with Gasteiger partial charge in [0.2, 0.25) is 0 Å². The van der Waals surface area contributed by atoms with Crippen LogP contribution in [0.15, 0.2) is 116 Å². The normalized spacial score (nSPS) is 21.8. The van der Waals surface area contributed by atoms with Gasteiger partial charge in [-0.05, 0) is 70.0 Å². The molecule has 3 aromatic rings. The Bertz CT molecular complexity index is 1530. The standard InChI is InChI=1S/C38H43NO8S2/c1-6-8-24-29(39-49(43)38(3,4)5)30-31(44-34(40)26-18-12-9-13-19-26)32(45-35(41)27-20-14-10-15-21-27)33(37(47-30)48-25-7-2)46-36(42)28-22-16-11-17-23-28/h6-7,9-23,29-33,37,39H,1-2,8,24-25H2,3-5H3/t29?,30-,31+,32+,33-,37-,49?/m1/s1. The molecule has 3 aromatic carbocycles. The molecule has 0 amide bonds. The lowest BCUT2D eigenvalue weighted by Gasteiger charge is -2.47. The Labute approximate surface area is 295 Å². The average molecular weight is 706 g/mol. The van der Waals surface area contributed by atoms with Crippen LogP contribution in [0.25, 0.3) is 0 Å². The molecule has 1 N–H and O–H groups in total. The fourth-order valence-corrected chi connectivity index (χ4v) is 6.86. The Balaban J connectivity index is 1.86. The van der Waals surface area contributed by atoms with Crippen LogP contribution < -0.4 is 4.72 Å². The van der Waals surface area contributed by atoms with Crippen LogP contribution in [0.4, 0.5) is 0 Å². The molecule has 1 aliphatic heterocycles. The molecule has 4 rings (SSSR count). The molecule has 0 saturated carbocycles. The van der Waals surface area contributed by atoms with Crippen molar-refractivity contribution in [1.29, 1.82) is 0 Å². The first-order chi connectivity index (χ1) is 23.5. The van der Waals surface area contributed by atoms with Crippen molar-refractivity contribution in [2.24, 2.45) is 0 Å². The van der Waals surface area contributed by atoms with E-state index in [-0.39, 0.29) is 16.7 Å². The topological polar surface area (TPSA) is 123 Å². The van der Waals surface area contributed by atoms with Gasteiger partial charge in [-0.1, -0.05) is 66.7 Å². The molecule has 0 radical (unpaired) electrons. The molecule has 0 bridgehead atoms. The quantitative estimate of drug-likeness (QED) is 0.0792. The van der Waals surface area contributed by atoms with E-state index in [1.165, 1.54) is 11.8 Å². The predicted molar refractivity (Wildman–Crippen MR) is 193 cm³/mol. The lowest BCUT2D eigenvalue weighted by molar-refractivity contribution is -0.205. The summed E-state index contributed by atoms with van der Waals surface area (Å²) >= 11 is -0.285. The zero-order valence-corrected chi connectivity index (χ0v) is 29.5. The molecule has 49 heavy (non-hydrogen) atoms. The highest BCUT2D eigenvalue weighted by Crippen LogP contribution is 2.37. The lowest BCUT2D eigenvalue weighted by atomic mass is 9.92. The zero-order valence-electron chi connectivity index (χ0n) is 27.9. The fourth-order valence-electron chi connectivity index (χ4n) is 5.05. The van der Waals surface area contributed by atoms with E-state index in [4.69, 9.17) is 18.9 Å². The Morgan fingerprint density at radius 1 is 0.796 bits per heavy atom. The molecule has 2 unspecified atom stereocenters. The molecule has 1 aliphatic rings. The maximum atomic E-state index is 13.7. The number of nitrogens with one attached hydrogen (secondary N) is 1. The number of esters is 3. The molecule has 1 fully saturated rings. The van der Waals surface area contributed by atoms with E-state index in [1.807, 2.05) is 20.8 Å². The SMILES string of the molecule is C=CCCC(N[S+]([O-])C(C)(C)C)[C@H]1O[C@H](SCC=C)[C@H](OC(=O)c2ccccc2)[C@@H](OC(=O)c2ccccc2)[C@H]1OC(=O)c1ccccc1. The number of rotatable bonds is 15. The van der Waals surface area contributed by atoms with Crippen molar-refractivity contribution in [1.82, 2.24) is 4.72 Å². The summed E-state index contributed by atoms with van der Waals surface area (Å²) in [5, 5.41) is 0. The Morgan fingerprint density at radius 3 is 1.67 bits per heavy atom. The first-order valence-electron chi connectivity index (χ1n) is 16.0. The third kappa shape index (κ3) is 10.6. The third-order valence-corrected chi connectivity index (χ3v) is 10.3. The van der Waals surface area contributed by atoms with Gasteiger partial charge in [-0.2, -0.15) is 0 Å². The summed E-state index contributed by atoms with van der Waals surface area (Å²) in [7, 11) is 0. The molecule has 1 saturated heterocycles. The highest BCUT2D eigenvalue weighted by molar-refractivity contribution is 7.99. The highest BCUT2D eigenvalue weighted by atomic mass is 32.2. The minimum Gasteiger partial charge on any atom is -0.598 e. The van der Waals surface area contributed by atoms with Crippen LogP contribution in [0.5, 0.6) is 0 Å². The van der Waals surface area contributed by atoms with E-state index in [0.717, 1.165) is 0 Å². The van der Waals surface area contributed by atoms with Crippen molar-refractivity contribution in [2.75, 3.05) is 5.75 Å². The van der Waals surface area contributed by atoms with Crippen molar-refractivity contribution in [3.63, 3.8) is 0 Å². The van der Waals surface area contributed by atoms with Crippen LogP contribution in [-0.4, -0.2) is 68.9 Å². The highest BCUT2D eigenvalue weighted by Gasteiger charge is 2.55. The van der Waals surface area contributed by atoms with E-state index in [0.29, 0.717) is 18.6 Å². The van der Waals surface area contributed by atoms with Crippen molar-refractivity contribution >= 4 is 41.0 Å². The molecule has 9 nitrogen and oxygen atoms in total. The molecule has 1 heterocycles. The maximum Gasteiger partial charge on any atom is 0.338 e.